The summed E-state index contributed by atoms with van der Waals surface area (Å²) in [7, 11) is 1.88. The van der Waals surface area contributed by atoms with Gasteiger partial charge in [-0.05, 0) is 13.0 Å². The van der Waals surface area contributed by atoms with Gasteiger partial charge in [0.2, 0.25) is 11.8 Å². The quantitative estimate of drug-likeness (QED) is 0.801. The van der Waals surface area contributed by atoms with E-state index >= 15 is 0 Å². The normalized spacial score (nSPS) is 20.8. The lowest BCUT2D eigenvalue weighted by Crippen LogP contribution is -2.43. The largest absolute Gasteiger partial charge is 0.345 e. The maximum atomic E-state index is 12.0. The molecule has 0 aliphatic carbocycles. The third-order valence-electron chi connectivity index (χ3n) is 3.23. The highest BCUT2D eigenvalue weighted by Gasteiger charge is 2.26. The molecule has 6 nitrogen and oxygen atoms in total. The van der Waals surface area contributed by atoms with Crippen LogP contribution in [0.5, 0.6) is 0 Å². The summed E-state index contributed by atoms with van der Waals surface area (Å²) in [5.41, 5.74) is 1.08. The van der Waals surface area contributed by atoms with Crippen molar-refractivity contribution in [1.29, 1.82) is 0 Å². The van der Waals surface area contributed by atoms with Gasteiger partial charge in [-0.25, -0.2) is 0 Å². The summed E-state index contributed by atoms with van der Waals surface area (Å²) in [5.74, 6) is -0.0677. The number of rotatable bonds is 3. The number of aryl methyl sites for hydroxylation is 1. The van der Waals surface area contributed by atoms with Gasteiger partial charge in [0.1, 0.15) is 6.04 Å². The van der Waals surface area contributed by atoms with Crippen LogP contribution in [0.25, 0.3) is 0 Å². The second-order valence-corrected chi connectivity index (χ2v) is 4.56. The van der Waals surface area contributed by atoms with E-state index in [1.807, 2.05) is 13.1 Å². The van der Waals surface area contributed by atoms with Crippen LogP contribution in [0, 0.1) is 0 Å². The minimum Gasteiger partial charge on any atom is -0.345 e. The SMILES string of the molecule is CC1NC(=O)CCN(CCc2ccnn2C)C1=O. The van der Waals surface area contributed by atoms with E-state index in [9.17, 15) is 9.59 Å². The Kier molecular flexibility index (Phi) is 3.64. The van der Waals surface area contributed by atoms with Crippen molar-refractivity contribution in [3.8, 4) is 0 Å². The van der Waals surface area contributed by atoms with Gasteiger partial charge in [-0.2, -0.15) is 5.10 Å². The minimum atomic E-state index is -0.425. The highest BCUT2D eigenvalue weighted by Crippen LogP contribution is 2.06. The van der Waals surface area contributed by atoms with E-state index < -0.39 is 6.04 Å². The molecule has 98 valence electrons. The minimum absolute atomic E-state index is 0.0111. The maximum absolute atomic E-state index is 12.0. The molecule has 1 aromatic rings. The summed E-state index contributed by atoms with van der Waals surface area (Å²) >= 11 is 0. The lowest BCUT2D eigenvalue weighted by molar-refractivity contribution is -0.133. The lowest BCUT2D eigenvalue weighted by Gasteiger charge is -2.22. The van der Waals surface area contributed by atoms with Crippen LogP contribution in [-0.2, 0) is 23.1 Å². The smallest absolute Gasteiger partial charge is 0.244 e. The van der Waals surface area contributed by atoms with Crippen LogP contribution in [0.15, 0.2) is 12.3 Å². The second kappa shape index (κ2) is 5.20. The number of amides is 2. The van der Waals surface area contributed by atoms with E-state index in [2.05, 4.69) is 10.4 Å². The van der Waals surface area contributed by atoms with Crippen LogP contribution in [0.4, 0.5) is 0 Å². The summed E-state index contributed by atoms with van der Waals surface area (Å²) in [6, 6.07) is 1.52. The first-order chi connectivity index (χ1) is 8.58. The molecule has 1 fully saturated rings. The molecular weight excluding hydrogens is 232 g/mol. The van der Waals surface area contributed by atoms with Gasteiger partial charge >= 0.3 is 0 Å². The lowest BCUT2D eigenvalue weighted by atomic mass is 10.2. The fourth-order valence-corrected chi connectivity index (χ4v) is 2.11. The van der Waals surface area contributed by atoms with Gasteiger partial charge < -0.3 is 10.2 Å². The van der Waals surface area contributed by atoms with E-state index in [0.29, 0.717) is 19.5 Å². The molecular formula is C12H18N4O2. The molecule has 0 radical (unpaired) electrons. The first kappa shape index (κ1) is 12.6. The van der Waals surface area contributed by atoms with Crippen LogP contribution in [0.3, 0.4) is 0 Å². The molecule has 1 saturated heterocycles. The third-order valence-corrected chi connectivity index (χ3v) is 3.23. The highest BCUT2D eigenvalue weighted by molar-refractivity contribution is 5.89. The van der Waals surface area contributed by atoms with E-state index in [-0.39, 0.29) is 11.8 Å². The summed E-state index contributed by atoms with van der Waals surface area (Å²) in [6.45, 7) is 2.84. The predicted molar refractivity (Wildman–Crippen MR) is 65.7 cm³/mol. The molecule has 1 aromatic heterocycles. The van der Waals surface area contributed by atoms with Gasteiger partial charge in [-0.1, -0.05) is 0 Å². The maximum Gasteiger partial charge on any atom is 0.244 e. The van der Waals surface area contributed by atoms with Crippen LogP contribution >= 0.6 is 0 Å². The molecule has 2 amide bonds. The number of hydrogen-bond donors (Lipinski definition) is 1. The highest BCUT2D eigenvalue weighted by atomic mass is 16.2. The van der Waals surface area contributed by atoms with E-state index in [4.69, 9.17) is 0 Å². The Morgan fingerprint density at radius 1 is 1.50 bits per heavy atom. The molecule has 1 N–H and O–H groups in total. The second-order valence-electron chi connectivity index (χ2n) is 4.56. The number of hydrogen-bond acceptors (Lipinski definition) is 3. The first-order valence-electron chi connectivity index (χ1n) is 6.13. The Morgan fingerprint density at radius 2 is 2.28 bits per heavy atom. The number of aromatic nitrogens is 2. The topological polar surface area (TPSA) is 67.2 Å². The van der Waals surface area contributed by atoms with Gasteiger partial charge in [0.15, 0.2) is 0 Å². The molecule has 2 rings (SSSR count). The molecule has 1 unspecified atom stereocenters. The average molecular weight is 250 g/mol. The molecule has 1 aliphatic heterocycles. The molecule has 0 bridgehead atoms. The van der Waals surface area contributed by atoms with Crippen LogP contribution in [0.1, 0.15) is 19.0 Å². The zero-order valence-corrected chi connectivity index (χ0v) is 10.7. The Balaban J connectivity index is 1.97. The Morgan fingerprint density at radius 3 is 2.94 bits per heavy atom. The van der Waals surface area contributed by atoms with Crippen LogP contribution in [-0.4, -0.2) is 45.6 Å². The monoisotopic (exact) mass is 250 g/mol. The van der Waals surface area contributed by atoms with Crippen molar-refractivity contribution in [2.24, 2.45) is 7.05 Å². The molecule has 6 heteroatoms. The van der Waals surface area contributed by atoms with Crippen molar-refractivity contribution in [3.63, 3.8) is 0 Å². The standard InChI is InChI=1S/C12H18N4O2/c1-9-12(18)16(8-5-11(17)14-9)7-4-10-3-6-13-15(10)2/h3,6,9H,4-5,7-8H2,1-2H3,(H,14,17). The number of carbonyl (C=O) groups excluding carboxylic acids is 2. The molecule has 1 aliphatic rings. The van der Waals surface area contributed by atoms with Crippen LogP contribution in [0.2, 0.25) is 0 Å². The summed E-state index contributed by atoms with van der Waals surface area (Å²) in [5, 5.41) is 6.77. The fraction of sp³-hybridized carbons (Fsp3) is 0.583. The zero-order valence-electron chi connectivity index (χ0n) is 10.7. The molecule has 0 aromatic carbocycles. The van der Waals surface area contributed by atoms with Crippen molar-refractivity contribution in [2.45, 2.75) is 25.8 Å². The van der Waals surface area contributed by atoms with Gasteiger partial charge in [-0.15, -0.1) is 0 Å². The average Bonchev–Trinajstić information content (AvgIpc) is 2.69. The van der Waals surface area contributed by atoms with E-state index in [1.54, 1.807) is 22.7 Å². The van der Waals surface area contributed by atoms with Crippen molar-refractivity contribution < 1.29 is 9.59 Å². The van der Waals surface area contributed by atoms with Gasteiger partial charge in [0.25, 0.3) is 0 Å². The molecule has 0 saturated carbocycles. The van der Waals surface area contributed by atoms with Crippen molar-refractivity contribution in [2.75, 3.05) is 13.1 Å². The van der Waals surface area contributed by atoms with Crippen molar-refractivity contribution >= 4 is 11.8 Å². The molecule has 2 heterocycles. The van der Waals surface area contributed by atoms with Crippen LogP contribution < -0.4 is 5.32 Å². The Hall–Kier alpha value is -1.85. The third kappa shape index (κ3) is 2.69. The zero-order chi connectivity index (χ0) is 13.1. The molecule has 0 spiro atoms. The van der Waals surface area contributed by atoms with E-state index in [1.165, 1.54) is 0 Å². The number of nitrogens with one attached hydrogen (secondary N) is 1. The van der Waals surface area contributed by atoms with E-state index in [0.717, 1.165) is 12.1 Å². The van der Waals surface area contributed by atoms with Crippen molar-refractivity contribution in [1.82, 2.24) is 20.0 Å². The summed E-state index contributed by atoms with van der Waals surface area (Å²) in [6.07, 6.45) is 2.87. The Bertz CT molecular complexity index is 455. The first-order valence-corrected chi connectivity index (χ1v) is 6.13. The van der Waals surface area contributed by atoms with Gasteiger partial charge in [0, 0.05) is 44.9 Å². The molecule has 1 atom stereocenters. The Labute approximate surface area is 106 Å². The number of carbonyl (C=O) groups is 2. The predicted octanol–water partition coefficient (Wildman–Crippen LogP) is -0.300. The number of nitrogens with zero attached hydrogens (tertiary/aromatic N) is 3. The van der Waals surface area contributed by atoms with Gasteiger partial charge in [-0.3, -0.25) is 14.3 Å². The van der Waals surface area contributed by atoms with Crippen molar-refractivity contribution in [3.05, 3.63) is 18.0 Å². The van der Waals surface area contributed by atoms with Gasteiger partial charge in [0.05, 0.1) is 0 Å². The summed E-state index contributed by atoms with van der Waals surface area (Å²) in [4.78, 5) is 25.1. The molecule has 18 heavy (non-hydrogen) atoms. The summed E-state index contributed by atoms with van der Waals surface area (Å²) < 4.78 is 1.80. The fourth-order valence-electron chi connectivity index (χ4n) is 2.11.